The molecule has 0 aromatic rings. The minimum Gasteiger partial charge on any atom is -0.377 e. The second kappa shape index (κ2) is 5.18. The number of amides is 1. The summed E-state index contributed by atoms with van der Waals surface area (Å²) >= 11 is 1.94. The Kier molecular flexibility index (Phi) is 3.80. The van der Waals surface area contributed by atoms with Crippen LogP contribution in [-0.4, -0.2) is 53.7 Å². The van der Waals surface area contributed by atoms with Crippen molar-refractivity contribution in [1.29, 1.82) is 0 Å². The summed E-state index contributed by atoms with van der Waals surface area (Å²) in [5.74, 6) is 2.55. The van der Waals surface area contributed by atoms with Gasteiger partial charge < -0.3 is 15.4 Å². The lowest BCUT2D eigenvalue weighted by molar-refractivity contribution is -0.230. The Bertz CT molecular complexity index is 393. The molecule has 5 heteroatoms. The van der Waals surface area contributed by atoms with E-state index >= 15 is 0 Å². The molecule has 2 N–H and O–H groups in total. The molecule has 3 atom stereocenters. The van der Waals surface area contributed by atoms with Crippen LogP contribution in [-0.2, 0) is 9.53 Å². The van der Waals surface area contributed by atoms with Gasteiger partial charge in [-0.3, -0.25) is 4.79 Å². The van der Waals surface area contributed by atoms with E-state index in [1.807, 2.05) is 16.7 Å². The Morgan fingerprint density at radius 1 is 1.30 bits per heavy atom. The Balaban J connectivity index is 1.81. The average molecular weight is 298 g/mol. The molecule has 0 radical (unpaired) electrons. The van der Waals surface area contributed by atoms with Gasteiger partial charge in [0.2, 0.25) is 5.91 Å². The molecule has 3 unspecified atom stereocenters. The smallest absolute Gasteiger partial charge is 0.243 e. The number of nitrogens with two attached hydrogens (primary N) is 1. The molecule has 3 fully saturated rings. The standard InChI is InChI=1S/C15H26N2O2S/c1-14(2)12-11(5-3-8-19-12)15(14,16)13(18)17-6-4-9-20-10-7-17/h11-12H,3-10,16H2,1-2H3. The van der Waals surface area contributed by atoms with E-state index < -0.39 is 5.54 Å². The van der Waals surface area contributed by atoms with Crippen molar-refractivity contribution in [1.82, 2.24) is 4.90 Å². The maximum absolute atomic E-state index is 13.1. The summed E-state index contributed by atoms with van der Waals surface area (Å²) in [7, 11) is 0. The lowest BCUT2D eigenvalue weighted by Crippen LogP contribution is -2.82. The van der Waals surface area contributed by atoms with Gasteiger partial charge in [0, 0.05) is 36.8 Å². The van der Waals surface area contributed by atoms with E-state index in [0.717, 1.165) is 50.5 Å². The molecule has 0 aromatic carbocycles. The Morgan fingerprint density at radius 2 is 2.10 bits per heavy atom. The van der Waals surface area contributed by atoms with Crippen LogP contribution in [0.25, 0.3) is 0 Å². The van der Waals surface area contributed by atoms with Crippen LogP contribution in [0.1, 0.15) is 33.1 Å². The van der Waals surface area contributed by atoms with Gasteiger partial charge in [0.25, 0.3) is 0 Å². The molecule has 0 spiro atoms. The van der Waals surface area contributed by atoms with Gasteiger partial charge in [0.05, 0.1) is 6.10 Å². The van der Waals surface area contributed by atoms with Crippen LogP contribution in [0.15, 0.2) is 0 Å². The highest BCUT2D eigenvalue weighted by Gasteiger charge is 2.70. The summed E-state index contributed by atoms with van der Waals surface area (Å²) in [4.78, 5) is 15.1. The average Bonchev–Trinajstić information content (AvgIpc) is 2.74. The van der Waals surface area contributed by atoms with Crippen molar-refractivity contribution in [3.05, 3.63) is 0 Å². The van der Waals surface area contributed by atoms with E-state index in [9.17, 15) is 4.79 Å². The second-order valence-electron chi connectivity index (χ2n) is 6.89. The number of hydrogen-bond acceptors (Lipinski definition) is 4. The van der Waals surface area contributed by atoms with Crippen LogP contribution in [0.2, 0.25) is 0 Å². The van der Waals surface area contributed by atoms with Crippen LogP contribution in [0, 0.1) is 11.3 Å². The number of ether oxygens (including phenoxy) is 1. The summed E-state index contributed by atoms with van der Waals surface area (Å²) in [5.41, 5.74) is 5.70. The highest BCUT2D eigenvalue weighted by atomic mass is 32.2. The van der Waals surface area contributed by atoms with Crippen molar-refractivity contribution in [3.63, 3.8) is 0 Å². The molecule has 3 aliphatic rings. The molecule has 1 saturated carbocycles. The van der Waals surface area contributed by atoms with E-state index in [-0.39, 0.29) is 23.3 Å². The molecule has 4 nitrogen and oxygen atoms in total. The number of carbonyl (C=O) groups excluding carboxylic acids is 1. The van der Waals surface area contributed by atoms with Crippen molar-refractivity contribution >= 4 is 17.7 Å². The molecule has 2 heterocycles. The second-order valence-corrected chi connectivity index (χ2v) is 8.11. The third-order valence-corrected chi connectivity index (χ3v) is 6.60. The van der Waals surface area contributed by atoms with E-state index in [4.69, 9.17) is 10.5 Å². The predicted octanol–water partition coefficient (Wildman–Crippen LogP) is 1.48. The number of hydrogen-bond donors (Lipinski definition) is 1. The van der Waals surface area contributed by atoms with E-state index in [2.05, 4.69) is 13.8 Å². The van der Waals surface area contributed by atoms with E-state index in [1.165, 1.54) is 0 Å². The molecular weight excluding hydrogens is 272 g/mol. The molecule has 0 aromatic heterocycles. The van der Waals surface area contributed by atoms with Crippen molar-refractivity contribution in [2.45, 2.75) is 44.8 Å². The van der Waals surface area contributed by atoms with Gasteiger partial charge in [-0.2, -0.15) is 11.8 Å². The largest absolute Gasteiger partial charge is 0.377 e. The maximum atomic E-state index is 13.1. The van der Waals surface area contributed by atoms with Gasteiger partial charge in [0.1, 0.15) is 5.54 Å². The van der Waals surface area contributed by atoms with Crippen molar-refractivity contribution in [2.75, 3.05) is 31.2 Å². The number of thioether (sulfide) groups is 1. The molecule has 3 rings (SSSR count). The monoisotopic (exact) mass is 298 g/mol. The van der Waals surface area contributed by atoms with Gasteiger partial charge in [-0.25, -0.2) is 0 Å². The topological polar surface area (TPSA) is 55.6 Å². The lowest BCUT2D eigenvalue weighted by atomic mass is 9.46. The van der Waals surface area contributed by atoms with Crippen LogP contribution in [0.3, 0.4) is 0 Å². The van der Waals surface area contributed by atoms with Crippen LogP contribution < -0.4 is 5.73 Å². The highest BCUT2D eigenvalue weighted by Crippen LogP contribution is 2.58. The summed E-state index contributed by atoms with van der Waals surface area (Å²) in [6.07, 6.45) is 3.29. The van der Waals surface area contributed by atoms with Crippen LogP contribution >= 0.6 is 11.8 Å². The fraction of sp³-hybridized carbons (Fsp3) is 0.933. The molecular formula is C15H26N2O2S. The van der Waals surface area contributed by atoms with Crippen LogP contribution in [0.5, 0.6) is 0 Å². The molecule has 0 bridgehead atoms. The fourth-order valence-electron chi connectivity index (χ4n) is 4.22. The van der Waals surface area contributed by atoms with Gasteiger partial charge in [0.15, 0.2) is 0 Å². The first-order valence-corrected chi connectivity index (χ1v) is 8.92. The maximum Gasteiger partial charge on any atom is 0.243 e. The molecule has 1 amide bonds. The minimum atomic E-state index is -0.729. The highest BCUT2D eigenvalue weighted by molar-refractivity contribution is 7.99. The normalized spacial score (nSPS) is 40.5. The third kappa shape index (κ3) is 1.93. The summed E-state index contributed by atoms with van der Waals surface area (Å²) in [6.45, 7) is 6.72. The third-order valence-electron chi connectivity index (χ3n) is 5.55. The van der Waals surface area contributed by atoms with E-state index in [1.54, 1.807) is 0 Å². The zero-order valence-electron chi connectivity index (χ0n) is 12.6. The van der Waals surface area contributed by atoms with Crippen LogP contribution in [0.4, 0.5) is 0 Å². The van der Waals surface area contributed by atoms with Crippen molar-refractivity contribution < 1.29 is 9.53 Å². The minimum absolute atomic E-state index is 0.159. The lowest BCUT2D eigenvalue weighted by Gasteiger charge is -2.65. The summed E-state index contributed by atoms with van der Waals surface area (Å²) < 4.78 is 5.89. The SMILES string of the molecule is CC1(C)C2OCCCC2C1(N)C(=O)N1CCCSCC1. The van der Waals surface area contributed by atoms with Gasteiger partial charge in [-0.15, -0.1) is 0 Å². The van der Waals surface area contributed by atoms with Crippen molar-refractivity contribution in [2.24, 2.45) is 17.1 Å². The molecule has 2 saturated heterocycles. The molecule has 114 valence electrons. The Labute approximate surface area is 125 Å². The van der Waals surface area contributed by atoms with Gasteiger partial charge in [-0.1, -0.05) is 13.8 Å². The number of carbonyl (C=O) groups is 1. The van der Waals surface area contributed by atoms with E-state index in [0.29, 0.717) is 0 Å². The molecule has 1 aliphatic carbocycles. The Hall–Kier alpha value is -0.260. The zero-order chi connectivity index (χ0) is 14.4. The number of fused-ring (bicyclic) bond motifs is 1. The van der Waals surface area contributed by atoms with Gasteiger partial charge >= 0.3 is 0 Å². The quantitative estimate of drug-likeness (QED) is 0.797. The van der Waals surface area contributed by atoms with Crippen molar-refractivity contribution in [3.8, 4) is 0 Å². The summed E-state index contributed by atoms with van der Waals surface area (Å²) in [6, 6.07) is 0. The molecule has 20 heavy (non-hydrogen) atoms. The molecule has 2 aliphatic heterocycles. The fourth-order valence-corrected chi connectivity index (χ4v) is 5.11. The first-order valence-electron chi connectivity index (χ1n) is 7.77. The number of nitrogens with zero attached hydrogens (tertiary/aromatic N) is 1. The first kappa shape index (κ1) is 14.7. The van der Waals surface area contributed by atoms with Gasteiger partial charge in [-0.05, 0) is 25.0 Å². The predicted molar refractivity (Wildman–Crippen MR) is 81.7 cm³/mol. The number of rotatable bonds is 1. The Morgan fingerprint density at radius 3 is 2.90 bits per heavy atom. The zero-order valence-corrected chi connectivity index (χ0v) is 13.4. The first-order chi connectivity index (χ1) is 9.49. The summed E-state index contributed by atoms with van der Waals surface area (Å²) in [5, 5.41) is 0.